The Morgan fingerprint density at radius 2 is 1.67 bits per heavy atom. The molecule has 0 radical (unpaired) electrons. The largest absolute Gasteiger partial charge is 0.496 e. The Morgan fingerprint density at radius 1 is 1.00 bits per heavy atom. The van der Waals surface area contributed by atoms with E-state index in [4.69, 9.17) is 4.74 Å². The number of piperazine rings is 1. The molecule has 1 heterocycles. The van der Waals surface area contributed by atoms with Crippen LogP contribution in [0.15, 0.2) is 48.5 Å². The number of ether oxygens (including phenoxy) is 1. The van der Waals surface area contributed by atoms with E-state index in [1.807, 2.05) is 29.2 Å². The number of methoxy groups -OCH3 is 1. The van der Waals surface area contributed by atoms with Crippen molar-refractivity contribution in [1.82, 2.24) is 15.1 Å². The number of rotatable bonds is 7. The third-order valence-electron chi connectivity index (χ3n) is 5.40. The Hall–Kier alpha value is -3.27. The molecule has 0 saturated carbocycles. The number of hydrogen-bond donors (Lipinski definition) is 2. The van der Waals surface area contributed by atoms with Gasteiger partial charge in [0.1, 0.15) is 5.75 Å². The summed E-state index contributed by atoms with van der Waals surface area (Å²) in [4.78, 5) is 28.2. The van der Waals surface area contributed by atoms with Crippen molar-refractivity contribution in [2.75, 3.05) is 51.7 Å². The molecule has 10 heteroatoms. The molecule has 1 aliphatic heterocycles. The fourth-order valence-corrected chi connectivity index (χ4v) is 3.67. The molecule has 2 aromatic rings. The molecular weight excluding hydrogens is 437 g/mol. The van der Waals surface area contributed by atoms with E-state index in [0.29, 0.717) is 39.1 Å². The first-order chi connectivity index (χ1) is 15.8. The van der Waals surface area contributed by atoms with Crippen molar-refractivity contribution in [2.45, 2.75) is 12.6 Å². The molecule has 1 saturated heterocycles. The lowest BCUT2D eigenvalue weighted by Gasteiger charge is -2.34. The van der Waals surface area contributed by atoms with Gasteiger partial charge in [0, 0.05) is 32.7 Å². The van der Waals surface area contributed by atoms with Gasteiger partial charge in [-0.25, -0.2) is 4.79 Å². The van der Waals surface area contributed by atoms with Crippen molar-refractivity contribution in [1.29, 1.82) is 0 Å². The number of halogens is 3. The van der Waals surface area contributed by atoms with Gasteiger partial charge in [-0.3, -0.25) is 9.69 Å². The zero-order valence-electron chi connectivity index (χ0n) is 18.3. The molecule has 0 aromatic heterocycles. The van der Waals surface area contributed by atoms with E-state index in [2.05, 4.69) is 10.6 Å². The van der Waals surface area contributed by atoms with E-state index in [9.17, 15) is 22.8 Å². The zero-order valence-corrected chi connectivity index (χ0v) is 18.3. The van der Waals surface area contributed by atoms with Crippen molar-refractivity contribution in [2.24, 2.45) is 0 Å². The summed E-state index contributed by atoms with van der Waals surface area (Å²) in [5.41, 5.74) is -0.140. The summed E-state index contributed by atoms with van der Waals surface area (Å²) in [6, 6.07) is 12.3. The highest BCUT2D eigenvalue weighted by molar-refractivity contribution is 5.93. The van der Waals surface area contributed by atoms with E-state index in [1.165, 1.54) is 18.2 Å². The predicted octanol–water partition coefficient (Wildman–Crippen LogP) is 3.22. The van der Waals surface area contributed by atoms with Crippen LogP contribution in [0.2, 0.25) is 0 Å². The lowest BCUT2D eigenvalue weighted by molar-refractivity contribution is -0.137. The van der Waals surface area contributed by atoms with Gasteiger partial charge in [-0.15, -0.1) is 0 Å². The van der Waals surface area contributed by atoms with E-state index < -0.39 is 17.6 Å². The van der Waals surface area contributed by atoms with Gasteiger partial charge in [-0.2, -0.15) is 13.2 Å². The monoisotopic (exact) mass is 464 g/mol. The van der Waals surface area contributed by atoms with Crippen molar-refractivity contribution < 1.29 is 27.5 Å². The average molecular weight is 464 g/mol. The third-order valence-corrected chi connectivity index (χ3v) is 5.40. The minimum Gasteiger partial charge on any atom is -0.496 e. The van der Waals surface area contributed by atoms with Crippen LogP contribution in [0.4, 0.5) is 23.7 Å². The first kappa shape index (κ1) is 24.4. The summed E-state index contributed by atoms with van der Waals surface area (Å²) >= 11 is 0. The normalized spacial score (nSPS) is 14.6. The quantitative estimate of drug-likeness (QED) is 0.660. The number of anilines is 1. The summed E-state index contributed by atoms with van der Waals surface area (Å²) in [5, 5.41) is 5.24. The number of nitrogens with zero attached hydrogens (tertiary/aromatic N) is 2. The van der Waals surface area contributed by atoms with Crippen LogP contribution in [0.3, 0.4) is 0 Å². The molecule has 178 valence electrons. The molecule has 0 bridgehead atoms. The molecule has 33 heavy (non-hydrogen) atoms. The van der Waals surface area contributed by atoms with E-state index in [0.717, 1.165) is 17.4 Å². The van der Waals surface area contributed by atoms with E-state index >= 15 is 0 Å². The predicted molar refractivity (Wildman–Crippen MR) is 118 cm³/mol. The first-order valence-electron chi connectivity index (χ1n) is 10.6. The number of nitrogens with one attached hydrogen (secondary N) is 2. The second-order valence-electron chi connectivity index (χ2n) is 7.65. The van der Waals surface area contributed by atoms with Crippen LogP contribution in [0, 0.1) is 0 Å². The molecule has 0 atom stereocenters. The Morgan fingerprint density at radius 3 is 2.36 bits per heavy atom. The number of carbonyl (C=O) groups is 2. The topological polar surface area (TPSA) is 73.9 Å². The standard InChI is InChI=1S/C23H27F3N4O3/c1-33-20-9-5-2-6-17(20)10-11-27-22(32)30-14-12-29(13-15-30)16-21(31)28-19-8-4-3-7-18(19)23(24,25)26/h2-9H,10-16H2,1H3,(H,27,32)(H,28,31). The lowest BCUT2D eigenvalue weighted by atomic mass is 10.1. The minimum atomic E-state index is -4.55. The molecule has 7 nitrogen and oxygen atoms in total. The van der Waals surface area contributed by atoms with Gasteiger partial charge < -0.3 is 20.3 Å². The van der Waals surface area contributed by atoms with Gasteiger partial charge in [0.25, 0.3) is 0 Å². The highest BCUT2D eigenvalue weighted by Crippen LogP contribution is 2.34. The van der Waals surface area contributed by atoms with Crippen molar-refractivity contribution in [3.63, 3.8) is 0 Å². The molecule has 0 spiro atoms. The Balaban J connectivity index is 1.41. The lowest BCUT2D eigenvalue weighted by Crippen LogP contribution is -2.53. The van der Waals surface area contributed by atoms with Crippen LogP contribution < -0.4 is 15.4 Å². The maximum absolute atomic E-state index is 13.1. The maximum Gasteiger partial charge on any atom is 0.418 e. The summed E-state index contributed by atoms with van der Waals surface area (Å²) in [6.07, 6.45) is -3.91. The average Bonchev–Trinajstić information content (AvgIpc) is 2.79. The van der Waals surface area contributed by atoms with Crippen LogP contribution >= 0.6 is 0 Å². The fourth-order valence-electron chi connectivity index (χ4n) is 3.67. The SMILES string of the molecule is COc1ccccc1CCNC(=O)N1CCN(CC(=O)Nc2ccccc2C(F)(F)F)CC1. The molecular formula is C23H27F3N4O3. The molecule has 2 aromatic carbocycles. The van der Waals surface area contributed by atoms with Gasteiger partial charge in [0.15, 0.2) is 0 Å². The summed E-state index contributed by atoms with van der Waals surface area (Å²) < 4.78 is 44.6. The number of hydrogen-bond acceptors (Lipinski definition) is 4. The number of urea groups is 1. The molecule has 0 unspecified atom stereocenters. The molecule has 3 rings (SSSR count). The molecule has 2 N–H and O–H groups in total. The first-order valence-corrected chi connectivity index (χ1v) is 10.6. The van der Waals surface area contributed by atoms with Crippen LogP contribution in [0.25, 0.3) is 0 Å². The number of carbonyl (C=O) groups excluding carboxylic acids is 2. The van der Waals surface area contributed by atoms with Gasteiger partial charge in [-0.05, 0) is 30.2 Å². The number of amides is 3. The smallest absolute Gasteiger partial charge is 0.418 e. The minimum absolute atomic E-state index is 0.0462. The highest BCUT2D eigenvalue weighted by atomic mass is 19.4. The second kappa shape index (κ2) is 11.0. The van der Waals surface area contributed by atoms with Gasteiger partial charge in [0.05, 0.1) is 24.9 Å². The van der Waals surface area contributed by atoms with Crippen molar-refractivity contribution in [3.05, 3.63) is 59.7 Å². The molecule has 3 amide bonds. The van der Waals surface area contributed by atoms with E-state index in [1.54, 1.807) is 12.0 Å². The number of benzene rings is 2. The maximum atomic E-state index is 13.1. The van der Waals surface area contributed by atoms with Gasteiger partial charge in [0.2, 0.25) is 5.91 Å². The van der Waals surface area contributed by atoms with Crippen molar-refractivity contribution >= 4 is 17.6 Å². The van der Waals surface area contributed by atoms with Crippen LogP contribution in [0.5, 0.6) is 5.75 Å². The highest BCUT2D eigenvalue weighted by Gasteiger charge is 2.33. The van der Waals surface area contributed by atoms with Gasteiger partial charge >= 0.3 is 12.2 Å². The fraction of sp³-hybridized carbons (Fsp3) is 0.391. The number of para-hydroxylation sites is 2. The zero-order chi connectivity index (χ0) is 23.8. The van der Waals surface area contributed by atoms with Gasteiger partial charge in [-0.1, -0.05) is 30.3 Å². The van der Waals surface area contributed by atoms with Crippen molar-refractivity contribution in [3.8, 4) is 5.75 Å². The van der Waals surface area contributed by atoms with Crippen LogP contribution in [-0.2, 0) is 17.4 Å². The molecule has 1 fully saturated rings. The third kappa shape index (κ3) is 6.85. The van der Waals surface area contributed by atoms with Crippen LogP contribution in [0.1, 0.15) is 11.1 Å². The summed E-state index contributed by atoms with van der Waals surface area (Å²) in [7, 11) is 1.60. The Kier molecular flexibility index (Phi) is 8.16. The molecule has 1 aliphatic rings. The Bertz CT molecular complexity index is 960. The van der Waals surface area contributed by atoms with E-state index in [-0.39, 0.29) is 18.3 Å². The second-order valence-corrected chi connectivity index (χ2v) is 7.65. The molecule has 0 aliphatic carbocycles. The number of alkyl halides is 3. The Labute approximate surface area is 190 Å². The summed E-state index contributed by atoms with van der Waals surface area (Å²) in [5.74, 6) is 0.248. The summed E-state index contributed by atoms with van der Waals surface area (Å²) in [6.45, 7) is 2.16. The van der Waals surface area contributed by atoms with Crippen LogP contribution in [-0.4, -0.2) is 68.1 Å².